The highest BCUT2D eigenvalue weighted by molar-refractivity contribution is 5.82. The van der Waals surface area contributed by atoms with Crippen molar-refractivity contribution in [1.29, 1.82) is 0 Å². The maximum atomic E-state index is 12.4. The SMILES string of the molecule is Cc1c(C2CN(C)C2)oc2c(C)c(O)ccc2c1=O. The molecule has 0 unspecified atom stereocenters. The summed E-state index contributed by atoms with van der Waals surface area (Å²) in [4.78, 5) is 14.6. The van der Waals surface area contributed by atoms with Crippen molar-refractivity contribution in [2.75, 3.05) is 20.1 Å². The molecule has 1 aliphatic rings. The topological polar surface area (TPSA) is 53.7 Å². The molecule has 0 radical (unpaired) electrons. The van der Waals surface area contributed by atoms with Gasteiger partial charge >= 0.3 is 0 Å². The molecule has 0 atom stereocenters. The van der Waals surface area contributed by atoms with E-state index in [9.17, 15) is 9.90 Å². The fourth-order valence-corrected chi connectivity index (χ4v) is 2.75. The van der Waals surface area contributed by atoms with Gasteiger partial charge in [-0.05, 0) is 33.0 Å². The minimum absolute atomic E-state index is 0.00824. The smallest absolute Gasteiger partial charge is 0.195 e. The average molecular weight is 259 g/mol. The van der Waals surface area contributed by atoms with E-state index >= 15 is 0 Å². The number of nitrogens with zero attached hydrogens (tertiary/aromatic N) is 1. The number of hydrogen-bond acceptors (Lipinski definition) is 4. The Labute approximate surface area is 111 Å². The van der Waals surface area contributed by atoms with E-state index in [1.807, 2.05) is 14.0 Å². The van der Waals surface area contributed by atoms with Crippen LogP contribution in [0.25, 0.3) is 11.0 Å². The molecule has 2 heterocycles. The molecule has 0 spiro atoms. The van der Waals surface area contributed by atoms with Crippen LogP contribution in [0, 0.1) is 13.8 Å². The summed E-state index contributed by atoms with van der Waals surface area (Å²) in [5.41, 5.74) is 1.84. The lowest BCUT2D eigenvalue weighted by atomic mass is 9.94. The third-order valence-corrected chi connectivity index (χ3v) is 3.98. The maximum Gasteiger partial charge on any atom is 0.195 e. The molecule has 19 heavy (non-hydrogen) atoms. The molecule has 1 aromatic carbocycles. The Balaban J connectivity index is 2.27. The molecule has 0 amide bonds. The van der Waals surface area contributed by atoms with Gasteiger partial charge in [0.15, 0.2) is 5.43 Å². The van der Waals surface area contributed by atoms with E-state index in [-0.39, 0.29) is 17.1 Å². The largest absolute Gasteiger partial charge is 0.508 e. The second-order valence-corrected chi connectivity index (χ2v) is 5.42. The van der Waals surface area contributed by atoms with Crippen molar-refractivity contribution in [3.63, 3.8) is 0 Å². The molecule has 100 valence electrons. The van der Waals surface area contributed by atoms with Gasteiger partial charge in [0.05, 0.1) is 5.39 Å². The third kappa shape index (κ3) is 1.75. The monoisotopic (exact) mass is 259 g/mol. The van der Waals surface area contributed by atoms with Gasteiger partial charge in [-0.2, -0.15) is 0 Å². The second kappa shape index (κ2) is 4.10. The number of likely N-dealkylation sites (tertiary alicyclic amines) is 1. The van der Waals surface area contributed by atoms with Gasteiger partial charge in [-0.3, -0.25) is 4.79 Å². The van der Waals surface area contributed by atoms with Crippen molar-refractivity contribution in [3.8, 4) is 5.75 Å². The first-order valence-corrected chi connectivity index (χ1v) is 6.43. The van der Waals surface area contributed by atoms with Crippen LogP contribution in [-0.4, -0.2) is 30.1 Å². The average Bonchev–Trinajstić information content (AvgIpc) is 2.35. The summed E-state index contributed by atoms with van der Waals surface area (Å²) in [5.74, 6) is 1.21. The molecule has 2 aromatic rings. The molecule has 4 heteroatoms. The summed E-state index contributed by atoms with van der Waals surface area (Å²) in [7, 11) is 2.04. The Morgan fingerprint density at radius 3 is 2.58 bits per heavy atom. The van der Waals surface area contributed by atoms with Gasteiger partial charge in [-0.1, -0.05) is 0 Å². The minimum atomic E-state index is 0.00824. The molecule has 1 saturated heterocycles. The first-order valence-electron chi connectivity index (χ1n) is 6.43. The van der Waals surface area contributed by atoms with Crippen LogP contribution in [0.4, 0.5) is 0 Å². The van der Waals surface area contributed by atoms with Crippen molar-refractivity contribution in [3.05, 3.63) is 39.2 Å². The number of hydrogen-bond donors (Lipinski definition) is 1. The number of rotatable bonds is 1. The molecule has 1 aliphatic heterocycles. The zero-order chi connectivity index (χ0) is 13.7. The van der Waals surface area contributed by atoms with Gasteiger partial charge in [-0.15, -0.1) is 0 Å². The number of phenolic OH excluding ortho intramolecular Hbond substituents is 1. The van der Waals surface area contributed by atoms with E-state index in [0.717, 1.165) is 18.8 Å². The molecule has 0 aliphatic carbocycles. The number of aryl methyl sites for hydroxylation is 1. The molecular weight excluding hydrogens is 242 g/mol. The quantitative estimate of drug-likeness (QED) is 0.852. The fraction of sp³-hybridized carbons (Fsp3) is 0.400. The summed E-state index contributed by atoms with van der Waals surface area (Å²) < 4.78 is 5.95. The molecule has 0 saturated carbocycles. The van der Waals surface area contributed by atoms with Crippen molar-refractivity contribution in [2.24, 2.45) is 0 Å². The molecule has 1 N–H and O–H groups in total. The molecule has 0 bridgehead atoms. The summed E-state index contributed by atoms with van der Waals surface area (Å²) in [5, 5.41) is 10.3. The van der Waals surface area contributed by atoms with Gasteiger partial charge in [0.25, 0.3) is 0 Å². The zero-order valence-corrected chi connectivity index (χ0v) is 11.4. The van der Waals surface area contributed by atoms with E-state index in [2.05, 4.69) is 4.90 Å². The van der Waals surface area contributed by atoms with E-state index in [4.69, 9.17) is 4.42 Å². The third-order valence-electron chi connectivity index (χ3n) is 3.98. The molecule has 4 nitrogen and oxygen atoms in total. The number of fused-ring (bicyclic) bond motifs is 1. The van der Waals surface area contributed by atoms with Crippen molar-refractivity contribution in [1.82, 2.24) is 4.90 Å². The first kappa shape index (κ1) is 12.2. The maximum absolute atomic E-state index is 12.4. The number of aromatic hydroxyl groups is 1. The van der Waals surface area contributed by atoms with Crippen molar-refractivity contribution < 1.29 is 9.52 Å². The van der Waals surface area contributed by atoms with Crippen LogP contribution in [-0.2, 0) is 0 Å². The van der Waals surface area contributed by atoms with E-state index < -0.39 is 0 Å². The highest BCUT2D eigenvalue weighted by Gasteiger charge is 2.30. The number of phenols is 1. The Hall–Kier alpha value is -1.81. The summed E-state index contributed by atoms with van der Waals surface area (Å²) in [6.45, 7) is 5.41. The highest BCUT2D eigenvalue weighted by Crippen LogP contribution is 2.32. The van der Waals surface area contributed by atoms with Crippen LogP contribution >= 0.6 is 0 Å². The van der Waals surface area contributed by atoms with Gasteiger partial charge in [0.1, 0.15) is 17.1 Å². The summed E-state index contributed by atoms with van der Waals surface area (Å²) >= 11 is 0. The van der Waals surface area contributed by atoms with Crippen LogP contribution in [0.15, 0.2) is 21.3 Å². The predicted molar refractivity (Wildman–Crippen MR) is 73.9 cm³/mol. The van der Waals surface area contributed by atoms with E-state index in [1.165, 1.54) is 0 Å². The van der Waals surface area contributed by atoms with E-state index in [1.54, 1.807) is 19.1 Å². The lowest BCUT2D eigenvalue weighted by molar-refractivity contribution is 0.170. The Morgan fingerprint density at radius 1 is 1.26 bits per heavy atom. The van der Waals surface area contributed by atoms with Gasteiger partial charge < -0.3 is 14.4 Å². The minimum Gasteiger partial charge on any atom is -0.508 e. The van der Waals surface area contributed by atoms with Gasteiger partial charge in [-0.25, -0.2) is 0 Å². The predicted octanol–water partition coefficient (Wildman–Crippen LogP) is 2.14. The Morgan fingerprint density at radius 2 is 1.95 bits per heavy atom. The van der Waals surface area contributed by atoms with Crippen LogP contribution in [0.2, 0.25) is 0 Å². The lowest BCUT2D eigenvalue weighted by Crippen LogP contribution is -2.42. The van der Waals surface area contributed by atoms with Crippen LogP contribution in [0.5, 0.6) is 5.75 Å². The Kier molecular flexibility index (Phi) is 2.64. The normalized spacial score (nSPS) is 16.8. The van der Waals surface area contributed by atoms with Gasteiger partial charge in [0.2, 0.25) is 0 Å². The first-order chi connectivity index (χ1) is 8.99. The van der Waals surface area contributed by atoms with Crippen molar-refractivity contribution in [2.45, 2.75) is 19.8 Å². The van der Waals surface area contributed by atoms with Crippen LogP contribution in [0.1, 0.15) is 22.8 Å². The zero-order valence-electron chi connectivity index (χ0n) is 11.4. The molecule has 1 fully saturated rings. The van der Waals surface area contributed by atoms with Crippen molar-refractivity contribution >= 4 is 11.0 Å². The molecule has 1 aromatic heterocycles. The summed E-state index contributed by atoms with van der Waals surface area (Å²) in [6, 6.07) is 3.18. The summed E-state index contributed by atoms with van der Waals surface area (Å²) in [6.07, 6.45) is 0. The Bertz CT molecular complexity index is 711. The fourth-order valence-electron chi connectivity index (χ4n) is 2.75. The highest BCUT2D eigenvalue weighted by atomic mass is 16.3. The second-order valence-electron chi connectivity index (χ2n) is 5.42. The van der Waals surface area contributed by atoms with E-state index in [0.29, 0.717) is 22.1 Å². The standard InChI is InChI=1S/C15H17NO3/c1-8-12(17)5-4-11-13(18)9(2)14(19-15(8)11)10-6-16(3)7-10/h4-5,10,17H,6-7H2,1-3H3. The number of benzene rings is 1. The lowest BCUT2D eigenvalue weighted by Gasteiger charge is -2.35. The van der Waals surface area contributed by atoms with Gasteiger partial charge in [0, 0.05) is 30.1 Å². The molecular formula is C15H17NO3. The number of likely N-dealkylation sites (N-methyl/N-ethyl adjacent to an activating group) is 1. The van der Waals surface area contributed by atoms with Crippen LogP contribution < -0.4 is 5.43 Å². The molecule has 3 rings (SSSR count). The van der Waals surface area contributed by atoms with Crippen LogP contribution in [0.3, 0.4) is 0 Å².